The van der Waals surface area contributed by atoms with Gasteiger partial charge in [-0.1, -0.05) is 37.3 Å². The molecule has 94 valence electrons. The predicted molar refractivity (Wildman–Crippen MR) is 77.8 cm³/mol. The SMILES string of the molecule is CC1C=C2CC(N(C)c3ccccc3)CC2=CC1. The van der Waals surface area contributed by atoms with Crippen molar-refractivity contribution in [3.05, 3.63) is 53.6 Å². The molecule has 2 atom stereocenters. The Labute approximate surface area is 110 Å². The van der Waals surface area contributed by atoms with Crippen LogP contribution >= 0.6 is 0 Å². The second kappa shape index (κ2) is 4.64. The number of nitrogens with zero attached hydrogens (tertiary/aromatic N) is 1. The summed E-state index contributed by atoms with van der Waals surface area (Å²) < 4.78 is 0. The molecule has 1 saturated carbocycles. The van der Waals surface area contributed by atoms with E-state index in [0.717, 1.165) is 5.92 Å². The lowest BCUT2D eigenvalue weighted by Crippen LogP contribution is -2.28. The summed E-state index contributed by atoms with van der Waals surface area (Å²) in [5, 5.41) is 0. The van der Waals surface area contributed by atoms with Gasteiger partial charge in [-0.05, 0) is 48.5 Å². The molecule has 0 radical (unpaired) electrons. The fourth-order valence-electron chi connectivity index (χ4n) is 3.12. The Hall–Kier alpha value is -1.50. The summed E-state index contributed by atoms with van der Waals surface area (Å²) in [5.41, 5.74) is 4.53. The van der Waals surface area contributed by atoms with E-state index >= 15 is 0 Å². The minimum absolute atomic E-state index is 0.634. The average molecular weight is 239 g/mol. The molecular weight excluding hydrogens is 218 g/mol. The van der Waals surface area contributed by atoms with Crippen molar-refractivity contribution < 1.29 is 0 Å². The molecule has 0 aliphatic heterocycles. The molecule has 2 unspecified atom stereocenters. The van der Waals surface area contributed by atoms with E-state index < -0.39 is 0 Å². The van der Waals surface area contributed by atoms with Gasteiger partial charge in [0.25, 0.3) is 0 Å². The van der Waals surface area contributed by atoms with Gasteiger partial charge in [-0.15, -0.1) is 0 Å². The topological polar surface area (TPSA) is 3.24 Å². The number of benzene rings is 1. The van der Waals surface area contributed by atoms with Gasteiger partial charge in [-0.3, -0.25) is 0 Å². The van der Waals surface area contributed by atoms with Crippen LogP contribution < -0.4 is 4.90 Å². The summed E-state index contributed by atoms with van der Waals surface area (Å²) in [4.78, 5) is 2.44. The standard InChI is InChI=1S/C17H21N/c1-13-8-9-14-11-17(12-15(14)10-13)18(2)16-6-4-3-5-7-16/h3-7,9-10,13,17H,8,11-12H2,1-2H3. The normalized spacial score (nSPS) is 26.3. The average Bonchev–Trinajstić information content (AvgIpc) is 2.81. The van der Waals surface area contributed by atoms with Gasteiger partial charge in [0.05, 0.1) is 0 Å². The highest BCUT2D eigenvalue weighted by Gasteiger charge is 2.28. The number of hydrogen-bond donors (Lipinski definition) is 0. The first kappa shape index (κ1) is 11.6. The van der Waals surface area contributed by atoms with Crippen LogP contribution in [0.4, 0.5) is 5.69 Å². The van der Waals surface area contributed by atoms with Gasteiger partial charge in [0.15, 0.2) is 0 Å². The maximum absolute atomic E-state index is 2.48. The fourth-order valence-corrected chi connectivity index (χ4v) is 3.12. The van der Waals surface area contributed by atoms with Crippen molar-refractivity contribution in [3.8, 4) is 0 Å². The Bertz CT molecular complexity index is 484. The number of fused-ring (bicyclic) bond motifs is 1. The van der Waals surface area contributed by atoms with E-state index in [1.807, 2.05) is 0 Å². The van der Waals surface area contributed by atoms with Crippen molar-refractivity contribution in [2.24, 2.45) is 5.92 Å². The van der Waals surface area contributed by atoms with E-state index in [9.17, 15) is 0 Å². The summed E-state index contributed by atoms with van der Waals surface area (Å²) in [7, 11) is 2.22. The molecule has 1 nitrogen and oxygen atoms in total. The molecule has 1 heteroatoms. The largest absolute Gasteiger partial charge is 0.371 e. The lowest BCUT2D eigenvalue weighted by atomic mass is 9.94. The van der Waals surface area contributed by atoms with Crippen LogP contribution in [0, 0.1) is 5.92 Å². The Morgan fingerprint density at radius 1 is 1.06 bits per heavy atom. The van der Waals surface area contributed by atoms with Gasteiger partial charge in [0.2, 0.25) is 0 Å². The molecule has 0 bridgehead atoms. The van der Waals surface area contributed by atoms with Crippen LogP contribution in [-0.2, 0) is 0 Å². The zero-order valence-corrected chi connectivity index (χ0v) is 11.3. The maximum atomic E-state index is 2.48. The van der Waals surface area contributed by atoms with Gasteiger partial charge < -0.3 is 4.90 Å². The van der Waals surface area contributed by atoms with Crippen LogP contribution in [0.15, 0.2) is 53.6 Å². The summed E-state index contributed by atoms with van der Waals surface area (Å²) in [6.07, 6.45) is 8.58. The summed E-state index contributed by atoms with van der Waals surface area (Å²) in [5.74, 6) is 0.726. The van der Waals surface area contributed by atoms with Crippen LogP contribution in [-0.4, -0.2) is 13.1 Å². The summed E-state index contributed by atoms with van der Waals surface area (Å²) in [6.45, 7) is 2.31. The molecule has 2 aliphatic carbocycles. The quantitative estimate of drug-likeness (QED) is 0.748. The third-order valence-electron chi connectivity index (χ3n) is 4.26. The van der Waals surface area contributed by atoms with Crippen LogP contribution in [0.3, 0.4) is 0 Å². The molecule has 1 aromatic carbocycles. The first-order chi connectivity index (χ1) is 8.74. The molecule has 0 heterocycles. The van der Waals surface area contributed by atoms with Crippen molar-refractivity contribution in [1.29, 1.82) is 0 Å². The lowest BCUT2D eigenvalue weighted by molar-refractivity contribution is 0.677. The molecule has 2 aliphatic rings. The van der Waals surface area contributed by atoms with Crippen molar-refractivity contribution in [2.75, 3.05) is 11.9 Å². The van der Waals surface area contributed by atoms with Crippen molar-refractivity contribution in [1.82, 2.24) is 0 Å². The highest BCUT2D eigenvalue weighted by Crippen LogP contribution is 2.38. The molecule has 3 rings (SSSR count). The van der Waals surface area contributed by atoms with Gasteiger partial charge in [0.1, 0.15) is 0 Å². The van der Waals surface area contributed by atoms with Gasteiger partial charge >= 0.3 is 0 Å². The van der Waals surface area contributed by atoms with Crippen LogP contribution in [0.25, 0.3) is 0 Å². The monoisotopic (exact) mass is 239 g/mol. The Morgan fingerprint density at radius 3 is 2.56 bits per heavy atom. The third-order valence-corrected chi connectivity index (χ3v) is 4.26. The lowest BCUT2D eigenvalue weighted by Gasteiger charge is -2.26. The fraction of sp³-hybridized carbons (Fsp3) is 0.412. The number of allylic oxidation sites excluding steroid dienone is 2. The first-order valence-electron chi connectivity index (χ1n) is 6.92. The molecule has 0 saturated heterocycles. The van der Waals surface area contributed by atoms with Crippen LogP contribution in [0.1, 0.15) is 26.2 Å². The highest BCUT2D eigenvalue weighted by atomic mass is 15.1. The maximum Gasteiger partial charge on any atom is 0.0367 e. The smallest absolute Gasteiger partial charge is 0.0367 e. The second-order valence-electron chi connectivity index (χ2n) is 5.64. The van der Waals surface area contributed by atoms with E-state index in [1.165, 1.54) is 24.9 Å². The zero-order valence-electron chi connectivity index (χ0n) is 11.3. The van der Waals surface area contributed by atoms with Crippen molar-refractivity contribution >= 4 is 5.69 Å². The predicted octanol–water partition coefficient (Wildman–Crippen LogP) is 4.18. The number of para-hydroxylation sites is 1. The summed E-state index contributed by atoms with van der Waals surface area (Å²) >= 11 is 0. The van der Waals surface area contributed by atoms with E-state index in [1.54, 1.807) is 11.1 Å². The molecule has 0 spiro atoms. The van der Waals surface area contributed by atoms with Gasteiger partial charge in [-0.25, -0.2) is 0 Å². The number of anilines is 1. The third kappa shape index (κ3) is 2.10. The number of hydrogen-bond acceptors (Lipinski definition) is 1. The Balaban J connectivity index is 1.78. The minimum Gasteiger partial charge on any atom is -0.371 e. The van der Waals surface area contributed by atoms with Gasteiger partial charge in [0, 0.05) is 18.8 Å². The van der Waals surface area contributed by atoms with Crippen molar-refractivity contribution in [2.45, 2.75) is 32.2 Å². The van der Waals surface area contributed by atoms with Crippen LogP contribution in [0.2, 0.25) is 0 Å². The van der Waals surface area contributed by atoms with Gasteiger partial charge in [-0.2, -0.15) is 0 Å². The summed E-state index contributed by atoms with van der Waals surface area (Å²) in [6, 6.07) is 11.4. The van der Waals surface area contributed by atoms with Crippen molar-refractivity contribution in [3.63, 3.8) is 0 Å². The highest BCUT2D eigenvalue weighted by molar-refractivity contribution is 5.50. The second-order valence-corrected chi connectivity index (χ2v) is 5.64. The molecule has 0 amide bonds. The minimum atomic E-state index is 0.634. The van der Waals surface area contributed by atoms with Crippen LogP contribution in [0.5, 0.6) is 0 Å². The van der Waals surface area contributed by atoms with E-state index in [0.29, 0.717) is 6.04 Å². The molecular formula is C17H21N. The molecule has 0 aromatic heterocycles. The number of rotatable bonds is 2. The molecule has 1 fully saturated rings. The molecule has 1 aromatic rings. The zero-order chi connectivity index (χ0) is 12.5. The Kier molecular flexibility index (Phi) is 2.99. The molecule has 18 heavy (non-hydrogen) atoms. The molecule has 0 N–H and O–H groups in total. The van der Waals surface area contributed by atoms with E-state index in [2.05, 4.69) is 61.4 Å². The van der Waals surface area contributed by atoms with E-state index in [4.69, 9.17) is 0 Å². The first-order valence-corrected chi connectivity index (χ1v) is 6.92. The van der Waals surface area contributed by atoms with E-state index in [-0.39, 0.29) is 0 Å². The Morgan fingerprint density at radius 2 is 1.78 bits per heavy atom.